The van der Waals surface area contributed by atoms with E-state index >= 15 is 0 Å². The van der Waals surface area contributed by atoms with Crippen molar-refractivity contribution in [2.24, 2.45) is 0 Å². The van der Waals surface area contributed by atoms with Gasteiger partial charge in [-0.1, -0.05) is 0 Å². The van der Waals surface area contributed by atoms with Crippen LogP contribution in [0.15, 0.2) is 0 Å². The zero-order chi connectivity index (χ0) is 10.4. The smallest absolute Gasteiger partial charge is 0.307 e. The number of esters is 1. The predicted molar refractivity (Wildman–Crippen MR) is 53.1 cm³/mol. The summed E-state index contributed by atoms with van der Waals surface area (Å²) in [5, 5.41) is 3.24. The minimum atomic E-state index is -0.152. The van der Waals surface area contributed by atoms with Crippen molar-refractivity contribution in [1.82, 2.24) is 5.32 Å². The first-order valence-corrected chi connectivity index (χ1v) is 5.06. The van der Waals surface area contributed by atoms with Crippen molar-refractivity contribution in [3.05, 3.63) is 0 Å². The van der Waals surface area contributed by atoms with Crippen LogP contribution in [0.3, 0.4) is 0 Å². The van der Waals surface area contributed by atoms with Gasteiger partial charge in [0, 0.05) is 18.8 Å². The Morgan fingerprint density at radius 1 is 1.50 bits per heavy atom. The van der Waals surface area contributed by atoms with Gasteiger partial charge < -0.3 is 14.8 Å². The molecule has 1 fully saturated rings. The van der Waals surface area contributed by atoms with Crippen molar-refractivity contribution < 1.29 is 14.3 Å². The average molecular weight is 201 g/mol. The number of ether oxygens (including phenoxy) is 2. The van der Waals surface area contributed by atoms with Crippen molar-refractivity contribution in [3.63, 3.8) is 0 Å². The molecule has 1 saturated heterocycles. The maximum atomic E-state index is 11.3. The van der Waals surface area contributed by atoms with E-state index in [1.807, 2.05) is 7.05 Å². The Morgan fingerprint density at radius 2 is 2.29 bits per heavy atom. The first-order valence-electron chi connectivity index (χ1n) is 5.06. The van der Waals surface area contributed by atoms with Gasteiger partial charge >= 0.3 is 5.97 Å². The fraction of sp³-hybridized carbons (Fsp3) is 0.900. The second-order valence-corrected chi connectivity index (χ2v) is 3.75. The molecule has 1 unspecified atom stereocenters. The SMILES string of the molecule is CNC1(CC(=O)OC)CCCOCC1. The van der Waals surface area contributed by atoms with E-state index in [-0.39, 0.29) is 11.5 Å². The van der Waals surface area contributed by atoms with Gasteiger partial charge in [-0.25, -0.2) is 0 Å². The van der Waals surface area contributed by atoms with E-state index in [1.54, 1.807) is 0 Å². The number of carbonyl (C=O) groups is 1. The Hall–Kier alpha value is -0.610. The average Bonchev–Trinajstić information content (AvgIpc) is 2.44. The van der Waals surface area contributed by atoms with E-state index in [0.717, 1.165) is 32.5 Å². The second kappa shape index (κ2) is 5.32. The van der Waals surface area contributed by atoms with Gasteiger partial charge in [0.25, 0.3) is 0 Å². The standard InChI is InChI=1S/C10H19NO3/c1-11-10(8-9(12)13-2)4-3-6-14-7-5-10/h11H,3-8H2,1-2H3. The number of carbonyl (C=O) groups excluding carboxylic acids is 1. The Labute approximate surface area is 85.0 Å². The molecular weight excluding hydrogens is 182 g/mol. The third kappa shape index (κ3) is 2.96. The third-order valence-corrected chi connectivity index (χ3v) is 2.91. The Kier molecular flexibility index (Phi) is 4.35. The van der Waals surface area contributed by atoms with Crippen LogP contribution in [0.2, 0.25) is 0 Å². The van der Waals surface area contributed by atoms with Crippen LogP contribution in [0.25, 0.3) is 0 Å². The summed E-state index contributed by atoms with van der Waals surface area (Å²) in [4.78, 5) is 11.3. The van der Waals surface area contributed by atoms with E-state index in [1.165, 1.54) is 7.11 Å². The molecule has 82 valence electrons. The van der Waals surface area contributed by atoms with Gasteiger partial charge in [0.1, 0.15) is 0 Å². The van der Waals surface area contributed by atoms with E-state index in [9.17, 15) is 4.79 Å². The Bertz CT molecular complexity index is 186. The molecule has 0 saturated carbocycles. The van der Waals surface area contributed by atoms with E-state index in [2.05, 4.69) is 5.32 Å². The molecule has 0 aliphatic carbocycles. The molecule has 0 aromatic rings. The molecule has 1 heterocycles. The predicted octanol–water partition coefficient (Wildman–Crippen LogP) is 0.708. The molecule has 0 spiro atoms. The summed E-state index contributed by atoms with van der Waals surface area (Å²) in [5.74, 6) is -0.152. The van der Waals surface area contributed by atoms with Crippen LogP contribution in [0, 0.1) is 0 Å². The highest BCUT2D eigenvalue weighted by Crippen LogP contribution is 2.24. The maximum Gasteiger partial charge on any atom is 0.307 e. The number of methoxy groups -OCH3 is 1. The molecule has 1 atom stereocenters. The summed E-state index contributed by atoms with van der Waals surface area (Å²) in [6.45, 7) is 1.52. The molecular formula is C10H19NO3. The van der Waals surface area contributed by atoms with Crippen LogP contribution < -0.4 is 5.32 Å². The molecule has 1 N–H and O–H groups in total. The fourth-order valence-corrected chi connectivity index (χ4v) is 1.87. The highest BCUT2D eigenvalue weighted by Gasteiger charge is 2.32. The van der Waals surface area contributed by atoms with Crippen LogP contribution in [-0.4, -0.2) is 38.9 Å². The molecule has 1 aliphatic heterocycles. The van der Waals surface area contributed by atoms with Gasteiger partial charge in [-0.3, -0.25) is 4.79 Å². The lowest BCUT2D eigenvalue weighted by Gasteiger charge is -2.30. The molecule has 1 rings (SSSR count). The van der Waals surface area contributed by atoms with Crippen LogP contribution in [-0.2, 0) is 14.3 Å². The van der Waals surface area contributed by atoms with Gasteiger partial charge in [-0.05, 0) is 26.3 Å². The molecule has 0 radical (unpaired) electrons. The number of rotatable bonds is 3. The van der Waals surface area contributed by atoms with Crippen molar-refractivity contribution in [2.45, 2.75) is 31.2 Å². The topological polar surface area (TPSA) is 47.6 Å². The van der Waals surface area contributed by atoms with Crippen molar-refractivity contribution >= 4 is 5.97 Å². The normalized spacial score (nSPS) is 28.1. The zero-order valence-corrected chi connectivity index (χ0v) is 8.97. The zero-order valence-electron chi connectivity index (χ0n) is 8.97. The molecule has 0 aromatic carbocycles. The first kappa shape index (κ1) is 11.5. The Morgan fingerprint density at radius 3 is 2.93 bits per heavy atom. The third-order valence-electron chi connectivity index (χ3n) is 2.91. The van der Waals surface area contributed by atoms with Gasteiger partial charge in [0.2, 0.25) is 0 Å². The van der Waals surface area contributed by atoms with E-state index in [0.29, 0.717) is 6.42 Å². The van der Waals surface area contributed by atoms with E-state index < -0.39 is 0 Å². The Balaban J connectivity index is 2.57. The number of hydrogen-bond donors (Lipinski definition) is 1. The second-order valence-electron chi connectivity index (χ2n) is 3.75. The lowest BCUT2D eigenvalue weighted by atomic mass is 9.87. The summed E-state index contributed by atoms with van der Waals surface area (Å²) in [6.07, 6.45) is 3.28. The highest BCUT2D eigenvalue weighted by atomic mass is 16.5. The van der Waals surface area contributed by atoms with Crippen LogP contribution in [0.4, 0.5) is 0 Å². The van der Waals surface area contributed by atoms with Gasteiger partial charge in [0.15, 0.2) is 0 Å². The van der Waals surface area contributed by atoms with E-state index in [4.69, 9.17) is 9.47 Å². The van der Waals surface area contributed by atoms with Crippen LogP contribution in [0.5, 0.6) is 0 Å². The first-order chi connectivity index (χ1) is 6.72. The summed E-state index contributed by atoms with van der Waals surface area (Å²) in [7, 11) is 3.33. The van der Waals surface area contributed by atoms with Crippen molar-refractivity contribution in [3.8, 4) is 0 Å². The van der Waals surface area contributed by atoms with Gasteiger partial charge in [0.05, 0.1) is 13.5 Å². The van der Waals surface area contributed by atoms with Crippen molar-refractivity contribution in [1.29, 1.82) is 0 Å². The molecule has 4 nitrogen and oxygen atoms in total. The minimum Gasteiger partial charge on any atom is -0.469 e. The fourth-order valence-electron chi connectivity index (χ4n) is 1.87. The maximum absolute atomic E-state index is 11.3. The number of hydrogen-bond acceptors (Lipinski definition) is 4. The summed E-state index contributed by atoms with van der Waals surface area (Å²) >= 11 is 0. The summed E-state index contributed by atoms with van der Waals surface area (Å²) in [6, 6.07) is 0. The molecule has 14 heavy (non-hydrogen) atoms. The summed E-state index contributed by atoms with van der Waals surface area (Å²) in [5.41, 5.74) is -0.121. The molecule has 0 bridgehead atoms. The van der Waals surface area contributed by atoms with Gasteiger partial charge in [-0.15, -0.1) is 0 Å². The molecule has 4 heteroatoms. The van der Waals surface area contributed by atoms with Crippen LogP contribution >= 0.6 is 0 Å². The lowest BCUT2D eigenvalue weighted by Crippen LogP contribution is -2.45. The monoisotopic (exact) mass is 201 g/mol. The highest BCUT2D eigenvalue weighted by molar-refractivity contribution is 5.70. The molecule has 1 aliphatic rings. The summed E-state index contributed by atoms with van der Waals surface area (Å²) < 4.78 is 10.1. The van der Waals surface area contributed by atoms with Crippen molar-refractivity contribution in [2.75, 3.05) is 27.4 Å². The molecule has 0 aromatic heterocycles. The minimum absolute atomic E-state index is 0.121. The number of nitrogens with one attached hydrogen (secondary N) is 1. The quantitative estimate of drug-likeness (QED) is 0.683. The van der Waals surface area contributed by atoms with Crippen LogP contribution in [0.1, 0.15) is 25.7 Å². The van der Waals surface area contributed by atoms with Gasteiger partial charge in [-0.2, -0.15) is 0 Å². The lowest BCUT2D eigenvalue weighted by molar-refractivity contribution is -0.142. The molecule has 0 amide bonds. The largest absolute Gasteiger partial charge is 0.469 e.